The number of methoxy groups -OCH3 is 3. The van der Waals surface area contributed by atoms with Gasteiger partial charge in [0.05, 0.1) is 32.6 Å². The second-order valence-corrected chi connectivity index (χ2v) is 8.50. The number of thiazole rings is 1. The summed E-state index contributed by atoms with van der Waals surface area (Å²) in [6.07, 6.45) is 0. The summed E-state index contributed by atoms with van der Waals surface area (Å²) in [6.45, 7) is 1.61. The van der Waals surface area contributed by atoms with Crippen molar-refractivity contribution in [1.29, 1.82) is 0 Å². The number of nitrogens with zero attached hydrogens (tertiary/aromatic N) is 2. The van der Waals surface area contributed by atoms with Crippen molar-refractivity contribution in [3.8, 4) is 11.5 Å². The fraction of sp³-hybridized carbons (Fsp3) is 0.200. The summed E-state index contributed by atoms with van der Waals surface area (Å²) in [6, 6.07) is 12.4. The topological polar surface area (TPSA) is 115 Å². The van der Waals surface area contributed by atoms with Crippen molar-refractivity contribution in [2.24, 2.45) is 0 Å². The molecule has 0 unspecified atom stereocenters. The molecule has 2 heterocycles. The number of aliphatic hydroxyl groups excluding tert-OH is 1. The van der Waals surface area contributed by atoms with Gasteiger partial charge in [-0.3, -0.25) is 14.5 Å². The maximum atomic E-state index is 13.4. The lowest BCUT2D eigenvalue weighted by atomic mass is 9.94. The van der Waals surface area contributed by atoms with Crippen molar-refractivity contribution in [3.05, 3.63) is 75.8 Å². The molecule has 9 nitrogen and oxygen atoms in total. The number of para-hydroxylation sites is 1. The first-order valence-corrected chi connectivity index (χ1v) is 11.3. The van der Waals surface area contributed by atoms with Crippen LogP contribution >= 0.6 is 11.3 Å². The molecular formula is C25H22N2O7S. The van der Waals surface area contributed by atoms with Gasteiger partial charge in [0.15, 0.2) is 16.6 Å². The van der Waals surface area contributed by atoms with Gasteiger partial charge in [-0.1, -0.05) is 53.8 Å². The van der Waals surface area contributed by atoms with Crippen LogP contribution in [0.3, 0.4) is 0 Å². The van der Waals surface area contributed by atoms with Gasteiger partial charge in [0.25, 0.3) is 5.78 Å². The van der Waals surface area contributed by atoms with Gasteiger partial charge in [-0.25, -0.2) is 9.78 Å². The lowest BCUT2D eigenvalue weighted by Crippen LogP contribution is -2.29. The molecule has 35 heavy (non-hydrogen) atoms. The Morgan fingerprint density at radius 3 is 2.37 bits per heavy atom. The maximum Gasteiger partial charge on any atom is 0.350 e. The summed E-state index contributed by atoms with van der Waals surface area (Å²) in [5.74, 6) is -2.09. The summed E-state index contributed by atoms with van der Waals surface area (Å²) in [5, 5.41) is 11.3. The number of aryl methyl sites for hydroxylation is 1. The highest BCUT2D eigenvalue weighted by Gasteiger charge is 2.49. The average molecular weight is 495 g/mol. The van der Waals surface area contributed by atoms with Crippen LogP contribution in [-0.4, -0.2) is 49.1 Å². The van der Waals surface area contributed by atoms with Gasteiger partial charge in [0, 0.05) is 11.1 Å². The van der Waals surface area contributed by atoms with Crippen LogP contribution in [0.5, 0.6) is 11.5 Å². The normalized spacial score (nSPS) is 16.9. The minimum Gasteiger partial charge on any atom is -0.507 e. The van der Waals surface area contributed by atoms with Crippen molar-refractivity contribution < 1.29 is 33.7 Å². The first kappa shape index (κ1) is 24.0. The van der Waals surface area contributed by atoms with Crippen LogP contribution in [0.25, 0.3) is 5.76 Å². The molecule has 180 valence electrons. The van der Waals surface area contributed by atoms with Crippen molar-refractivity contribution in [1.82, 2.24) is 4.98 Å². The van der Waals surface area contributed by atoms with Crippen LogP contribution in [0.2, 0.25) is 0 Å². The predicted octanol–water partition coefficient (Wildman–Crippen LogP) is 3.88. The van der Waals surface area contributed by atoms with Crippen molar-refractivity contribution >= 4 is 39.9 Å². The van der Waals surface area contributed by atoms with E-state index in [2.05, 4.69) is 4.98 Å². The summed E-state index contributed by atoms with van der Waals surface area (Å²) in [7, 11) is 4.15. The van der Waals surface area contributed by atoms with Crippen molar-refractivity contribution in [3.63, 3.8) is 0 Å². The standard InChI is InChI=1S/C25H22N2O7S/c1-13-22(24(31)34-4)35-25(26-13)27-18(15-11-8-12-16(32-2)21(15)33-3)17(20(29)23(27)30)19(28)14-9-6-5-7-10-14/h5-12,18,28H,1-4H3/b19-17+/t18-/m1/s1. The molecule has 1 fully saturated rings. The molecule has 10 heteroatoms. The third-order valence-electron chi connectivity index (χ3n) is 5.58. The number of rotatable bonds is 6. The third-order valence-corrected chi connectivity index (χ3v) is 6.72. The largest absolute Gasteiger partial charge is 0.507 e. The van der Waals surface area contributed by atoms with E-state index >= 15 is 0 Å². The number of aliphatic hydroxyl groups is 1. The van der Waals surface area contributed by atoms with E-state index in [1.54, 1.807) is 55.5 Å². The number of amides is 1. The molecule has 0 bridgehead atoms. The Bertz CT molecular complexity index is 1350. The second-order valence-electron chi connectivity index (χ2n) is 7.52. The highest BCUT2D eigenvalue weighted by Crippen LogP contribution is 2.48. The highest BCUT2D eigenvalue weighted by atomic mass is 32.1. The molecule has 1 saturated heterocycles. The number of aromatic nitrogens is 1. The Balaban J connectivity index is 2.01. The highest BCUT2D eigenvalue weighted by molar-refractivity contribution is 7.17. The van der Waals surface area contributed by atoms with E-state index in [4.69, 9.17) is 14.2 Å². The summed E-state index contributed by atoms with van der Waals surface area (Å²) >= 11 is 0.918. The zero-order valence-electron chi connectivity index (χ0n) is 19.4. The SMILES string of the molecule is COC(=O)c1sc(N2C(=O)C(=O)/C(=C(/O)c3ccccc3)[C@H]2c2cccc(OC)c2OC)nc1C. The molecule has 0 spiro atoms. The third kappa shape index (κ3) is 4.01. The number of hydrogen-bond acceptors (Lipinski definition) is 9. The number of anilines is 1. The predicted molar refractivity (Wildman–Crippen MR) is 129 cm³/mol. The minimum atomic E-state index is -1.10. The number of esters is 1. The second kappa shape index (κ2) is 9.59. The summed E-state index contributed by atoms with van der Waals surface area (Å²) < 4.78 is 15.8. The van der Waals surface area contributed by atoms with Crippen LogP contribution in [-0.2, 0) is 14.3 Å². The van der Waals surface area contributed by atoms with E-state index in [1.165, 1.54) is 21.3 Å². The lowest BCUT2D eigenvalue weighted by molar-refractivity contribution is -0.132. The van der Waals surface area contributed by atoms with Crippen molar-refractivity contribution in [2.45, 2.75) is 13.0 Å². The molecule has 1 N–H and O–H groups in total. The fourth-order valence-corrected chi connectivity index (χ4v) is 4.98. The molecule has 2 aromatic carbocycles. The average Bonchev–Trinajstić information content (AvgIpc) is 3.39. The molecule has 4 rings (SSSR count). The first-order chi connectivity index (χ1) is 16.8. The van der Waals surface area contributed by atoms with Crippen LogP contribution < -0.4 is 14.4 Å². The van der Waals surface area contributed by atoms with Gasteiger partial charge in [0.1, 0.15) is 16.7 Å². The maximum absolute atomic E-state index is 13.4. The van der Waals surface area contributed by atoms with Gasteiger partial charge in [0.2, 0.25) is 0 Å². The molecule has 1 atom stereocenters. The molecule has 1 aliphatic heterocycles. The number of carbonyl (C=O) groups is 3. The number of benzene rings is 2. The van der Waals surface area contributed by atoms with Crippen LogP contribution in [0.1, 0.15) is 32.5 Å². The van der Waals surface area contributed by atoms with E-state index < -0.39 is 23.7 Å². The van der Waals surface area contributed by atoms with Gasteiger partial charge >= 0.3 is 11.9 Å². The quantitative estimate of drug-likeness (QED) is 0.238. The Kier molecular flexibility index (Phi) is 6.57. The molecule has 1 aliphatic rings. The Labute approximate surface area is 205 Å². The lowest BCUT2D eigenvalue weighted by Gasteiger charge is -2.25. The molecule has 0 radical (unpaired) electrons. The molecule has 3 aromatic rings. The molecule has 1 amide bonds. The fourth-order valence-electron chi connectivity index (χ4n) is 3.97. The number of carbonyl (C=O) groups excluding carboxylic acids is 3. The molecular weight excluding hydrogens is 472 g/mol. The van der Waals surface area contributed by atoms with Gasteiger partial charge < -0.3 is 19.3 Å². The Morgan fingerprint density at radius 1 is 1.03 bits per heavy atom. The van der Waals surface area contributed by atoms with E-state index in [0.29, 0.717) is 22.6 Å². The number of ether oxygens (including phenoxy) is 3. The zero-order valence-corrected chi connectivity index (χ0v) is 20.2. The number of Topliss-reactive ketones (excluding diaryl/α,β-unsaturated/α-hetero) is 1. The van der Waals surface area contributed by atoms with Gasteiger partial charge in [-0.05, 0) is 13.0 Å². The van der Waals surface area contributed by atoms with E-state index in [-0.39, 0.29) is 27.1 Å². The molecule has 1 aromatic heterocycles. The van der Waals surface area contributed by atoms with E-state index in [0.717, 1.165) is 16.2 Å². The minimum absolute atomic E-state index is 0.104. The smallest absolute Gasteiger partial charge is 0.350 e. The monoisotopic (exact) mass is 494 g/mol. The van der Waals surface area contributed by atoms with Crippen LogP contribution in [0.15, 0.2) is 54.1 Å². The molecule has 0 saturated carbocycles. The van der Waals surface area contributed by atoms with Crippen LogP contribution in [0, 0.1) is 6.92 Å². The van der Waals surface area contributed by atoms with Gasteiger partial charge in [-0.15, -0.1) is 0 Å². The summed E-state index contributed by atoms with van der Waals surface area (Å²) in [4.78, 5) is 44.6. The van der Waals surface area contributed by atoms with Crippen LogP contribution in [0.4, 0.5) is 5.13 Å². The summed E-state index contributed by atoms with van der Waals surface area (Å²) in [5.41, 5.74) is 0.970. The Hall–Kier alpha value is -4.18. The van der Waals surface area contributed by atoms with Crippen molar-refractivity contribution in [2.75, 3.05) is 26.2 Å². The number of hydrogen-bond donors (Lipinski definition) is 1. The first-order valence-electron chi connectivity index (χ1n) is 10.5. The zero-order chi connectivity index (χ0) is 25.3. The number of ketones is 1. The van der Waals surface area contributed by atoms with E-state index in [1.807, 2.05) is 0 Å². The van der Waals surface area contributed by atoms with E-state index in [9.17, 15) is 19.5 Å². The van der Waals surface area contributed by atoms with Gasteiger partial charge in [-0.2, -0.15) is 0 Å². The molecule has 0 aliphatic carbocycles. The Morgan fingerprint density at radius 2 is 1.74 bits per heavy atom.